The Morgan fingerprint density at radius 1 is 1.14 bits per heavy atom. The van der Waals surface area contributed by atoms with Crippen LogP contribution in [0.4, 0.5) is 36.3 Å². The van der Waals surface area contributed by atoms with Gasteiger partial charge in [0.15, 0.2) is 5.69 Å². The van der Waals surface area contributed by atoms with Crippen molar-refractivity contribution in [2.45, 2.75) is 32.7 Å². The molecule has 1 amide bonds. The highest BCUT2D eigenvalue weighted by Gasteiger charge is 2.36. The molecule has 230 valence electrons. The molecule has 0 aliphatic carbocycles. The molecule has 4 aliphatic rings. The van der Waals surface area contributed by atoms with Crippen LogP contribution in [-0.4, -0.2) is 51.4 Å². The van der Waals surface area contributed by atoms with Crippen molar-refractivity contribution in [1.29, 1.82) is 0 Å². The minimum absolute atomic E-state index is 0.00731. The van der Waals surface area contributed by atoms with Gasteiger partial charge in [-0.3, -0.25) is 9.48 Å². The molecule has 0 radical (unpaired) electrons. The van der Waals surface area contributed by atoms with Gasteiger partial charge >= 0.3 is 14.2 Å². The zero-order valence-corrected chi connectivity index (χ0v) is 25.1. The first-order valence-corrected chi connectivity index (χ1v) is 14.7. The number of methoxy groups -OCH3 is 1. The third-order valence-corrected chi connectivity index (χ3v) is 7.67. The summed E-state index contributed by atoms with van der Waals surface area (Å²) in [5.74, 6) is -1.09. The Morgan fingerprint density at radius 2 is 1.91 bits per heavy atom. The van der Waals surface area contributed by atoms with Gasteiger partial charge in [0, 0.05) is 42.5 Å². The van der Waals surface area contributed by atoms with E-state index in [0.717, 1.165) is 0 Å². The maximum absolute atomic E-state index is 14.0. The number of hydrogen-bond acceptors (Lipinski definition) is 10. The highest BCUT2D eigenvalue weighted by atomic mass is 31.1. The van der Waals surface area contributed by atoms with Crippen molar-refractivity contribution >= 4 is 37.1 Å². The lowest BCUT2D eigenvalue weighted by Gasteiger charge is -2.21. The van der Waals surface area contributed by atoms with Crippen LogP contribution in [0, 0.1) is 5.41 Å². The Labute approximate surface area is 251 Å². The molecule has 4 aliphatic heterocycles. The van der Waals surface area contributed by atoms with Gasteiger partial charge in [-0.2, -0.15) is 23.3 Å². The summed E-state index contributed by atoms with van der Waals surface area (Å²) in [6.07, 6.45) is -0.761. The number of ether oxygens (including phenoxy) is 1. The SMILES string of the molecule is CNC(=O)c1nc2ccc1Nc1nc(ncc1C(F)(F)F)Nc1ccc(cc1OC)C[P+](=O)OCC(C)(C)Cn1cc-2cn1. The number of amides is 1. The molecule has 0 saturated carbocycles. The first kappa shape index (κ1) is 30.8. The molecule has 3 N–H and O–H groups in total. The van der Waals surface area contributed by atoms with E-state index in [2.05, 4.69) is 36.0 Å². The van der Waals surface area contributed by atoms with Gasteiger partial charge in [0.2, 0.25) is 12.1 Å². The van der Waals surface area contributed by atoms with Crippen LogP contribution >= 0.6 is 8.03 Å². The molecule has 0 fully saturated rings. The Morgan fingerprint density at radius 3 is 2.64 bits per heavy atom. The van der Waals surface area contributed by atoms with E-state index < -0.39 is 36.9 Å². The molecular weight excluding hydrogens is 600 g/mol. The lowest BCUT2D eigenvalue weighted by atomic mass is 9.95. The summed E-state index contributed by atoms with van der Waals surface area (Å²) in [5, 5.41) is 12.4. The summed E-state index contributed by atoms with van der Waals surface area (Å²) >= 11 is 0. The molecule has 0 saturated heterocycles. The van der Waals surface area contributed by atoms with Crippen molar-refractivity contribution < 1.29 is 31.8 Å². The van der Waals surface area contributed by atoms with Crippen molar-refractivity contribution in [2.24, 2.45) is 5.41 Å². The standard InChI is InChI=1S/C28H28F3N8O4P/c1-27(2)14-39-12-17(10-34-39)19-7-8-21(23(35-19)25(40)32-3)36-24-18(28(29,30)31)11-33-26(38-24)37-20-6-5-16(9-22(20)42-4)13-44(41)43-15-27/h5-12H,13-15H2,1-4H3,(H2-,32,33,36,37,38,40)/p+1. The van der Waals surface area contributed by atoms with Crippen LogP contribution < -0.4 is 20.7 Å². The fourth-order valence-electron chi connectivity index (χ4n) is 4.45. The lowest BCUT2D eigenvalue weighted by Crippen LogP contribution is -2.24. The van der Waals surface area contributed by atoms with E-state index in [1.807, 2.05) is 13.8 Å². The van der Waals surface area contributed by atoms with Crippen molar-refractivity contribution in [3.63, 3.8) is 0 Å². The van der Waals surface area contributed by atoms with Crippen LogP contribution in [0.3, 0.4) is 0 Å². The number of pyridine rings is 1. The second-order valence-electron chi connectivity index (χ2n) is 10.8. The number of halogens is 3. The molecule has 1 unspecified atom stereocenters. The fraction of sp³-hybridized carbons (Fsp3) is 0.321. The minimum atomic E-state index is -4.81. The average Bonchev–Trinajstić information content (AvgIpc) is 3.43. The van der Waals surface area contributed by atoms with Crippen LogP contribution in [-0.2, 0) is 28.0 Å². The van der Waals surface area contributed by atoms with Gasteiger partial charge in [-0.05, 0) is 28.8 Å². The molecule has 44 heavy (non-hydrogen) atoms. The first-order valence-electron chi connectivity index (χ1n) is 13.3. The second kappa shape index (κ2) is 12.2. The van der Waals surface area contributed by atoms with Crippen molar-refractivity contribution in [3.8, 4) is 17.0 Å². The number of nitrogens with one attached hydrogen (secondary N) is 3. The largest absolute Gasteiger partial charge is 0.512 e. The predicted molar refractivity (Wildman–Crippen MR) is 156 cm³/mol. The van der Waals surface area contributed by atoms with Crippen molar-refractivity contribution in [2.75, 3.05) is 31.4 Å². The smallest absolute Gasteiger partial charge is 0.495 e. The van der Waals surface area contributed by atoms with Gasteiger partial charge in [-0.25, -0.2) is 9.97 Å². The Hall–Kier alpha value is -4.62. The molecule has 7 heterocycles. The zero-order valence-electron chi connectivity index (χ0n) is 24.2. The Kier molecular flexibility index (Phi) is 8.53. The zero-order chi connectivity index (χ0) is 31.6. The molecule has 1 aromatic carbocycles. The second-order valence-corrected chi connectivity index (χ2v) is 12.0. The molecule has 12 nitrogen and oxygen atoms in total. The van der Waals surface area contributed by atoms with Gasteiger partial charge in [0.25, 0.3) is 5.91 Å². The Balaban J connectivity index is 1.64. The van der Waals surface area contributed by atoms with Gasteiger partial charge < -0.3 is 20.7 Å². The molecule has 0 spiro atoms. The average molecular weight is 630 g/mol. The van der Waals surface area contributed by atoms with E-state index in [4.69, 9.17) is 9.26 Å². The normalized spacial score (nSPS) is 15.8. The number of anilines is 4. The third kappa shape index (κ3) is 6.95. The van der Waals surface area contributed by atoms with Gasteiger partial charge in [-0.15, -0.1) is 4.52 Å². The quantitative estimate of drug-likeness (QED) is 0.229. The third-order valence-electron chi connectivity index (χ3n) is 6.63. The molecule has 1 atom stereocenters. The van der Waals surface area contributed by atoms with Crippen molar-refractivity contribution in [3.05, 3.63) is 65.7 Å². The number of alkyl halides is 3. The molecular formula is C28H29F3N8O4P+. The number of hydrogen-bond donors (Lipinski definition) is 3. The molecule has 3 aromatic heterocycles. The van der Waals surface area contributed by atoms with E-state index in [9.17, 15) is 22.5 Å². The van der Waals surface area contributed by atoms with Crippen molar-refractivity contribution in [1.82, 2.24) is 30.0 Å². The van der Waals surface area contributed by atoms with Crippen LogP contribution in [0.25, 0.3) is 11.3 Å². The summed E-state index contributed by atoms with van der Waals surface area (Å²) in [4.78, 5) is 25.2. The molecule has 8 bridgehead atoms. The van der Waals surface area contributed by atoms with E-state index in [1.54, 1.807) is 41.3 Å². The van der Waals surface area contributed by atoms with Gasteiger partial charge in [-0.1, -0.05) is 19.9 Å². The highest BCUT2D eigenvalue weighted by Crippen LogP contribution is 2.38. The van der Waals surface area contributed by atoms with E-state index >= 15 is 0 Å². The van der Waals surface area contributed by atoms with Crippen LogP contribution in [0.5, 0.6) is 5.75 Å². The molecule has 4 aromatic rings. The maximum atomic E-state index is 14.0. The minimum Gasteiger partial charge on any atom is -0.495 e. The topological polar surface area (TPSA) is 145 Å². The summed E-state index contributed by atoms with van der Waals surface area (Å²) in [5.41, 5.74) is 0.203. The first-order chi connectivity index (χ1) is 20.8. The number of nitrogens with zero attached hydrogens (tertiary/aromatic N) is 5. The van der Waals surface area contributed by atoms with Crippen LogP contribution in [0.1, 0.15) is 35.5 Å². The lowest BCUT2D eigenvalue weighted by molar-refractivity contribution is -0.137. The van der Waals surface area contributed by atoms with E-state index in [0.29, 0.717) is 41.0 Å². The monoisotopic (exact) mass is 629 g/mol. The summed E-state index contributed by atoms with van der Waals surface area (Å²) in [6, 6.07) is 7.95. The summed E-state index contributed by atoms with van der Waals surface area (Å²) in [7, 11) is 0.740. The maximum Gasteiger partial charge on any atom is 0.512 e. The molecule has 16 heteroatoms. The van der Waals surface area contributed by atoms with Gasteiger partial charge in [0.05, 0.1) is 30.4 Å². The fourth-order valence-corrected chi connectivity index (χ4v) is 5.53. The van der Waals surface area contributed by atoms with Gasteiger partial charge in [0.1, 0.15) is 23.7 Å². The van der Waals surface area contributed by atoms with E-state index in [-0.39, 0.29) is 30.1 Å². The predicted octanol–water partition coefficient (Wildman–Crippen LogP) is 5.91. The number of rotatable bonds is 2. The number of carbonyl (C=O) groups excluding carboxylic acids is 1. The van der Waals surface area contributed by atoms with E-state index in [1.165, 1.54) is 20.2 Å². The van der Waals surface area contributed by atoms with Crippen LogP contribution in [0.2, 0.25) is 0 Å². The number of carbonyl (C=O) groups is 1. The summed E-state index contributed by atoms with van der Waals surface area (Å²) < 4.78 is 67.7. The Bertz CT molecular complexity index is 1730. The van der Waals surface area contributed by atoms with Crippen LogP contribution in [0.15, 0.2) is 48.9 Å². The molecule has 8 rings (SSSR count). The number of benzene rings is 1. The number of aromatic nitrogens is 5. The highest BCUT2D eigenvalue weighted by molar-refractivity contribution is 7.38. The summed E-state index contributed by atoms with van der Waals surface area (Å²) in [6.45, 7) is 4.52.